The van der Waals surface area contributed by atoms with Gasteiger partial charge in [-0.3, -0.25) is 4.79 Å². The van der Waals surface area contributed by atoms with Crippen molar-refractivity contribution >= 4 is 11.7 Å². The lowest BCUT2D eigenvalue weighted by Gasteiger charge is -2.14. The molecule has 0 aromatic carbocycles. The van der Waals surface area contributed by atoms with Crippen molar-refractivity contribution in [1.29, 1.82) is 0 Å². The number of rotatable bonds is 6. The molecule has 17 heavy (non-hydrogen) atoms. The van der Waals surface area contributed by atoms with Crippen LogP contribution >= 0.6 is 0 Å². The Balaban J connectivity index is 2.54. The van der Waals surface area contributed by atoms with Gasteiger partial charge in [0.1, 0.15) is 5.82 Å². The molecule has 0 fully saturated rings. The lowest BCUT2D eigenvalue weighted by Crippen LogP contribution is -2.22. The third-order valence-corrected chi connectivity index (χ3v) is 2.93. The van der Waals surface area contributed by atoms with Crippen LogP contribution in [-0.2, 0) is 4.79 Å². The van der Waals surface area contributed by atoms with Gasteiger partial charge in [0.25, 0.3) is 0 Å². The van der Waals surface area contributed by atoms with Crippen LogP contribution in [0, 0.1) is 12.8 Å². The van der Waals surface area contributed by atoms with Gasteiger partial charge in [-0.1, -0.05) is 32.8 Å². The van der Waals surface area contributed by atoms with Crippen LogP contribution in [0.2, 0.25) is 0 Å². The van der Waals surface area contributed by atoms with Gasteiger partial charge >= 0.3 is 0 Å². The van der Waals surface area contributed by atoms with Crippen molar-refractivity contribution in [3.05, 3.63) is 23.9 Å². The van der Waals surface area contributed by atoms with Crippen LogP contribution in [0.15, 0.2) is 18.3 Å². The summed E-state index contributed by atoms with van der Waals surface area (Å²) in [5, 5.41) is 2.88. The predicted octanol–water partition coefficient (Wildman–Crippen LogP) is 3.54. The molecular formula is C14H22N2O. The van der Waals surface area contributed by atoms with Gasteiger partial charge in [0.05, 0.1) is 0 Å². The summed E-state index contributed by atoms with van der Waals surface area (Å²) >= 11 is 0. The number of carbonyl (C=O) groups excluding carboxylic acids is 1. The van der Waals surface area contributed by atoms with E-state index in [0.29, 0.717) is 5.82 Å². The quantitative estimate of drug-likeness (QED) is 0.818. The van der Waals surface area contributed by atoms with Crippen LogP contribution in [0.3, 0.4) is 0 Å². The highest BCUT2D eigenvalue weighted by molar-refractivity contribution is 5.91. The van der Waals surface area contributed by atoms with E-state index in [1.807, 2.05) is 19.1 Å². The number of unbranched alkanes of at least 4 members (excludes halogenated alkanes) is 1. The van der Waals surface area contributed by atoms with Crippen LogP contribution < -0.4 is 5.32 Å². The molecule has 1 N–H and O–H groups in total. The Morgan fingerprint density at radius 3 is 2.71 bits per heavy atom. The SMILES string of the molecule is CCCCC(CC)C(=O)Nc1ccc(C)cn1. The van der Waals surface area contributed by atoms with Crippen molar-refractivity contribution in [2.45, 2.75) is 46.5 Å². The van der Waals surface area contributed by atoms with E-state index in [-0.39, 0.29) is 11.8 Å². The van der Waals surface area contributed by atoms with Crippen LogP contribution in [0.5, 0.6) is 0 Å². The molecule has 0 aliphatic rings. The Morgan fingerprint density at radius 1 is 1.41 bits per heavy atom. The molecule has 1 atom stereocenters. The van der Waals surface area contributed by atoms with E-state index in [2.05, 4.69) is 24.1 Å². The molecular weight excluding hydrogens is 212 g/mol. The first-order valence-corrected chi connectivity index (χ1v) is 6.40. The molecule has 0 spiro atoms. The van der Waals surface area contributed by atoms with Crippen LogP contribution in [0.25, 0.3) is 0 Å². The number of nitrogens with one attached hydrogen (secondary N) is 1. The van der Waals surface area contributed by atoms with Gasteiger partial charge in [-0.15, -0.1) is 0 Å². The maximum absolute atomic E-state index is 12.0. The Bertz CT molecular complexity index is 346. The zero-order valence-corrected chi connectivity index (χ0v) is 11.0. The van der Waals surface area contributed by atoms with Crippen LogP contribution in [0.4, 0.5) is 5.82 Å². The highest BCUT2D eigenvalue weighted by atomic mass is 16.1. The summed E-state index contributed by atoms with van der Waals surface area (Å²) in [6.07, 6.45) is 5.85. The lowest BCUT2D eigenvalue weighted by atomic mass is 9.98. The molecule has 94 valence electrons. The van der Waals surface area contributed by atoms with E-state index in [4.69, 9.17) is 0 Å². The fourth-order valence-corrected chi connectivity index (χ4v) is 1.74. The molecule has 0 saturated heterocycles. The molecule has 1 aromatic heterocycles. The lowest BCUT2D eigenvalue weighted by molar-refractivity contribution is -0.120. The fraction of sp³-hybridized carbons (Fsp3) is 0.571. The second kappa shape index (κ2) is 7.05. The van der Waals surface area contributed by atoms with E-state index in [1.165, 1.54) is 0 Å². The second-order valence-corrected chi connectivity index (χ2v) is 4.46. The zero-order chi connectivity index (χ0) is 12.7. The number of amides is 1. The summed E-state index contributed by atoms with van der Waals surface area (Å²) in [6, 6.07) is 3.80. The second-order valence-electron chi connectivity index (χ2n) is 4.46. The summed E-state index contributed by atoms with van der Waals surface area (Å²) < 4.78 is 0. The van der Waals surface area contributed by atoms with Gasteiger partial charge in [0, 0.05) is 12.1 Å². The van der Waals surface area contributed by atoms with E-state index in [1.54, 1.807) is 6.20 Å². The number of hydrogen-bond acceptors (Lipinski definition) is 2. The van der Waals surface area contributed by atoms with Crippen LogP contribution in [0.1, 0.15) is 45.1 Å². The molecule has 0 saturated carbocycles. The molecule has 1 amide bonds. The zero-order valence-electron chi connectivity index (χ0n) is 11.0. The Kier molecular flexibility index (Phi) is 5.67. The largest absolute Gasteiger partial charge is 0.310 e. The normalized spacial score (nSPS) is 12.2. The minimum atomic E-state index is 0.0947. The molecule has 3 heteroatoms. The maximum atomic E-state index is 12.0. The highest BCUT2D eigenvalue weighted by Gasteiger charge is 2.15. The average molecular weight is 234 g/mol. The van der Waals surface area contributed by atoms with E-state index in [9.17, 15) is 4.79 Å². The van der Waals surface area contributed by atoms with Crippen molar-refractivity contribution in [1.82, 2.24) is 4.98 Å². The van der Waals surface area contributed by atoms with Gasteiger partial charge in [-0.2, -0.15) is 0 Å². The van der Waals surface area contributed by atoms with E-state index >= 15 is 0 Å². The Morgan fingerprint density at radius 2 is 2.18 bits per heavy atom. The number of aromatic nitrogens is 1. The van der Waals surface area contributed by atoms with Gasteiger partial charge < -0.3 is 5.32 Å². The van der Waals surface area contributed by atoms with Gasteiger partial charge in [-0.05, 0) is 31.4 Å². The first-order chi connectivity index (χ1) is 8.17. The third-order valence-electron chi connectivity index (χ3n) is 2.93. The minimum Gasteiger partial charge on any atom is -0.310 e. The summed E-state index contributed by atoms with van der Waals surface area (Å²) in [5.41, 5.74) is 1.10. The fourth-order valence-electron chi connectivity index (χ4n) is 1.74. The molecule has 1 rings (SSSR count). The molecule has 0 aliphatic carbocycles. The third kappa shape index (κ3) is 4.55. The molecule has 1 heterocycles. The maximum Gasteiger partial charge on any atom is 0.228 e. The molecule has 1 unspecified atom stereocenters. The number of aryl methyl sites for hydroxylation is 1. The van der Waals surface area contributed by atoms with Gasteiger partial charge in [0.2, 0.25) is 5.91 Å². The summed E-state index contributed by atoms with van der Waals surface area (Å²) in [5.74, 6) is 0.853. The van der Waals surface area contributed by atoms with Crippen molar-refractivity contribution in [3.8, 4) is 0 Å². The summed E-state index contributed by atoms with van der Waals surface area (Å²) in [4.78, 5) is 16.2. The Hall–Kier alpha value is -1.38. The number of anilines is 1. The monoisotopic (exact) mass is 234 g/mol. The summed E-state index contributed by atoms with van der Waals surface area (Å²) in [7, 11) is 0. The van der Waals surface area contributed by atoms with Crippen molar-refractivity contribution in [2.24, 2.45) is 5.92 Å². The highest BCUT2D eigenvalue weighted by Crippen LogP contribution is 2.15. The minimum absolute atomic E-state index is 0.0947. The first-order valence-electron chi connectivity index (χ1n) is 6.40. The van der Waals surface area contributed by atoms with Crippen molar-refractivity contribution in [3.63, 3.8) is 0 Å². The van der Waals surface area contributed by atoms with Crippen molar-refractivity contribution < 1.29 is 4.79 Å². The Labute approximate surface area is 104 Å². The van der Waals surface area contributed by atoms with Gasteiger partial charge in [0.15, 0.2) is 0 Å². The van der Waals surface area contributed by atoms with E-state index in [0.717, 1.165) is 31.2 Å². The smallest absolute Gasteiger partial charge is 0.228 e. The first kappa shape index (κ1) is 13.7. The standard InChI is InChI=1S/C14H22N2O/c1-4-6-7-12(5-2)14(17)16-13-9-8-11(3)10-15-13/h8-10,12H,4-7H2,1-3H3,(H,15,16,17). The average Bonchev–Trinajstić information content (AvgIpc) is 2.33. The number of pyridine rings is 1. The topological polar surface area (TPSA) is 42.0 Å². The number of nitrogens with zero attached hydrogens (tertiary/aromatic N) is 1. The number of hydrogen-bond donors (Lipinski definition) is 1. The predicted molar refractivity (Wildman–Crippen MR) is 70.9 cm³/mol. The molecule has 0 aliphatic heterocycles. The van der Waals surface area contributed by atoms with Gasteiger partial charge in [-0.25, -0.2) is 4.98 Å². The molecule has 0 bridgehead atoms. The van der Waals surface area contributed by atoms with Crippen molar-refractivity contribution in [2.75, 3.05) is 5.32 Å². The molecule has 3 nitrogen and oxygen atoms in total. The molecule has 1 aromatic rings. The molecule has 0 radical (unpaired) electrons. The summed E-state index contributed by atoms with van der Waals surface area (Å²) in [6.45, 7) is 6.18. The van der Waals surface area contributed by atoms with Crippen LogP contribution in [-0.4, -0.2) is 10.9 Å². The van der Waals surface area contributed by atoms with E-state index < -0.39 is 0 Å². The number of carbonyl (C=O) groups is 1.